The molecule has 0 aliphatic carbocycles. The van der Waals surface area contributed by atoms with Crippen molar-refractivity contribution in [2.24, 2.45) is 0 Å². The van der Waals surface area contributed by atoms with Crippen molar-refractivity contribution < 1.29 is 4.79 Å². The molecule has 1 saturated heterocycles. The minimum Gasteiger partial charge on any atom is -0.340 e. The number of nitrogens with zero attached hydrogens (tertiary/aromatic N) is 3. The number of rotatable bonds is 2. The summed E-state index contributed by atoms with van der Waals surface area (Å²) in [6.45, 7) is 3.91. The number of amides is 1. The van der Waals surface area contributed by atoms with E-state index in [0.29, 0.717) is 6.54 Å². The van der Waals surface area contributed by atoms with E-state index in [4.69, 9.17) is 0 Å². The second-order valence-corrected chi connectivity index (χ2v) is 3.69. The fraction of sp³-hybridized carbons (Fsp3) is 0.600. The Morgan fingerprint density at radius 2 is 2.33 bits per heavy atom. The highest BCUT2D eigenvalue weighted by Crippen LogP contribution is 1.98. The van der Waals surface area contributed by atoms with E-state index in [9.17, 15) is 4.79 Å². The maximum atomic E-state index is 11.9. The second-order valence-electron chi connectivity index (χ2n) is 3.69. The molecule has 0 aromatic carbocycles. The Balaban J connectivity index is 1.89. The fourth-order valence-corrected chi connectivity index (χ4v) is 1.73. The van der Waals surface area contributed by atoms with Gasteiger partial charge < -0.3 is 10.2 Å². The van der Waals surface area contributed by atoms with E-state index in [1.54, 1.807) is 10.9 Å². The van der Waals surface area contributed by atoms with Crippen LogP contribution in [0.4, 0.5) is 0 Å². The number of hydrogen-bond donors (Lipinski definition) is 1. The molecule has 82 valence electrons. The van der Waals surface area contributed by atoms with Crippen LogP contribution < -0.4 is 5.32 Å². The number of carbonyl (C=O) groups excluding carboxylic acids is 1. The van der Waals surface area contributed by atoms with E-state index in [1.165, 1.54) is 0 Å². The van der Waals surface area contributed by atoms with Crippen LogP contribution in [0.15, 0.2) is 18.5 Å². The highest BCUT2D eigenvalue weighted by atomic mass is 16.2. The van der Waals surface area contributed by atoms with Crippen molar-refractivity contribution in [3.63, 3.8) is 0 Å². The average Bonchev–Trinajstić information content (AvgIpc) is 2.58. The molecule has 1 N–H and O–H groups in total. The molecular formula is C10H16N4O. The summed E-state index contributed by atoms with van der Waals surface area (Å²) in [6, 6.07) is 1.83. The van der Waals surface area contributed by atoms with E-state index >= 15 is 0 Å². The zero-order valence-corrected chi connectivity index (χ0v) is 8.72. The predicted octanol–water partition coefficient (Wildman–Crippen LogP) is -0.295. The van der Waals surface area contributed by atoms with Gasteiger partial charge in [0.05, 0.1) is 0 Å². The molecule has 0 radical (unpaired) electrons. The van der Waals surface area contributed by atoms with Crippen LogP contribution >= 0.6 is 0 Å². The van der Waals surface area contributed by atoms with Crippen LogP contribution in [0.2, 0.25) is 0 Å². The Bertz CT molecular complexity index is 301. The maximum Gasteiger partial charge on any atom is 0.244 e. The van der Waals surface area contributed by atoms with Gasteiger partial charge in [0.15, 0.2) is 0 Å². The van der Waals surface area contributed by atoms with Gasteiger partial charge in [-0.2, -0.15) is 5.10 Å². The smallest absolute Gasteiger partial charge is 0.244 e. The van der Waals surface area contributed by atoms with Crippen molar-refractivity contribution in [3.05, 3.63) is 18.5 Å². The lowest BCUT2D eigenvalue weighted by atomic mass is 10.4. The standard InChI is InChI=1S/C10H16N4O/c15-10(9-14-7-2-4-12-14)13-6-1-3-11-5-8-13/h2,4,7,11H,1,3,5-6,8-9H2. The van der Waals surface area contributed by atoms with Gasteiger partial charge in [0.2, 0.25) is 5.91 Å². The largest absolute Gasteiger partial charge is 0.340 e. The molecular weight excluding hydrogens is 192 g/mol. The van der Waals surface area contributed by atoms with Gasteiger partial charge in [-0.1, -0.05) is 0 Å². The molecule has 0 atom stereocenters. The Kier molecular flexibility index (Phi) is 3.34. The zero-order chi connectivity index (χ0) is 10.5. The van der Waals surface area contributed by atoms with Gasteiger partial charge >= 0.3 is 0 Å². The average molecular weight is 208 g/mol. The Labute approximate surface area is 89.1 Å². The molecule has 1 aliphatic rings. The van der Waals surface area contributed by atoms with Crippen molar-refractivity contribution in [1.29, 1.82) is 0 Å². The Hall–Kier alpha value is -1.36. The predicted molar refractivity (Wildman–Crippen MR) is 56.3 cm³/mol. The summed E-state index contributed by atoms with van der Waals surface area (Å²) in [6.07, 6.45) is 4.54. The lowest BCUT2D eigenvalue weighted by Gasteiger charge is -2.19. The summed E-state index contributed by atoms with van der Waals surface area (Å²) in [4.78, 5) is 13.8. The number of nitrogens with one attached hydrogen (secondary N) is 1. The third kappa shape index (κ3) is 2.79. The van der Waals surface area contributed by atoms with Gasteiger partial charge in [0.1, 0.15) is 6.54 Å². The molecule has 2 heterocycles. The lowest BCUT2D eigenvalue weighted by Crippen LogP contribution is -2.36. The van der Waals surface area contributed by atoms with Gasteiger partial charge in [-0.3, -0.25) is 9.48 Å². The zero-order valence-electron chi connectivity index (χ0n) is 8.72. The van der Waals surface area contributed by atoms with Gasteiger partial charge in [-0.15, -0.1) is 0 Å². The molecule has 1 aromatic heterocycles. The van der Waals surface area contributed by atoms with E-state index in [-0.39, 0.29) is 5.91 Å². The highest BCUT2D eigenvalue weighted by Gasteiger charge is 2.15. The Morgan fingerprint density at radius 1 is 1.40 bits per heavy atom. The third-order valence-corrected chi connectivity index (χ3v) is 2.55. The molecule has 0 unspecified atom stereocenters. The summed E-state index contributed by atoms with van der Waals surface area (Å²) < 4.78 is 1.67. The topological polar surface area (TPSA) is 50.2 Å². The molecule has 2 rings (SSSR count). The van der Waals surface area contributed by atoms with Crippen molar-refractivity contribution in [1.82, 2.24) is 20.0 Å². The molecule has 0 bridgehead atoms. The third-order valence-electron chi connectivity index (χ3n) is 2.55. The molecule has 15 heavy (non-hydrogen) atoms. The number of carbonyl (C=O) groups is 1. The molecule has 1 aliphatic heterocycles. The van der Waals surface area contributed by atoms with Crippen LogP contribution in [-0.4, -0.2) is 46.8 Å². The summed E-state index contributed by atoms with van der Waals surface area (Å²) in [5.74, 6) is 0.155. The number of hydrogen-bond acceptors (Lipinski definition) is 3. The molecule has 5 nitrogen and oxygen atoms in total. The summed E-state index contributed by atoms with van der Waals surface area (Å²) in [5.41, 5.74) is 0. The lowest BCUT2D eigenvalue weighted by molar-refractivity contribution is -0.131. The van der Waals surface area contributed by atoms with Crippen molar-refractivity contribution in [3.8, 4) is 0 Å². The first kappa shape index (κ1) is 10.2. The quantitative estimate of drug-likeness (QED) is 0.726. The molecule has 0 saturated carbocycles. The van der Waals surface area contributed by atoms with Crippen molar-refractivity contribution in [2.75, 3.05) is 26.2 Å². The van der Waals surface area contributed by atoms with E-state index in [0.717, 1.165) is 32.6 Å². The second kappa shape index (κ2) is 4.93. The maximum absolute atomic E-state index is 11.9. The van der Waals surface area contributed by atoms with Gasteiger partial charge in [-0.05, 0) is 19.0 Å². The van der Waals surface area contributed by atoms with Crippen LogP contribution in [0.1, 0.15) is 6.42 Å². The van der Waals surface area contributed by atoms with Crippen LogP contribution in [-0.2, 0) is 11.3 Å². The minimum absolute atomic E-state index is 0.155. The normalized spacial score (nSPS) is 17.5. The summed E-state index contributed by atoms with van der Waals surface area (Å²) >= 11 is 0. The van der Waals surface area contributed by atoms with E-state index < -0.39 is 0 Å². The van der Waals surface area contributed by atoms with Crippen LogP contribution in [0.25, 0.3) is 0 Å². The molecule has 1 amide bonds. The molecule has 5 heteroatoms. The van der Waals surface area contributed by atoms with Crippen LogP contribution in [0, 0.1) is 0 Å². The first-order chi connectivity index (χ1) is 7.36. The summed E-state index contributed by atoms with van der Waals surface area (Å²) in [5, 5.41) is 7.30. The minimum atomic E-state index is 0.155. The van der Waals surface area contributed by atoms with Gasteiger partial charge in [0, 0.05) is 32.0 Å². The SMILES string of the molecule is O=C(Cn1cccn1)N1CCCNCC1. The first-order valence-corrected chi connectivity index (χ1v) is 5.32. The fourth-order valence-electron chi connectivity index (χ4n) is 1.73. The monoisotopic (exact) mass is 208 g/mol. The van der Waals surface area contributed by atoms with E-state index in [2.05, 4.69) is 10.4 Å². The van der Waals surface area contributed by atoms with Crippen molar-refractivity contribution >= 4 is 5.91 Å². The molecule has 0 spiro atoms. The molecule has 1 fully saturated rings. The van der Waals surface area contributed by atoms with Gasteiger partial charge in [-0.25, -0.2) is 0 Å². The van der Waals surface area contributed by atoms with Gasteiger partial charge in [0.25, 0.3) is 0 Å². The number of aromatic nitrogens is 2. The Morgan fingerprint density at radius 3 is 3.13 bits per heavy atom. The summed E-state index contributed by atoms with van der Waals surface area (Å²) in [7, 11) is 0. The highest BCUT2D eigenvalue weighted by molar-refractivity contribution is 5.75. The van der Waals surface area contributed by atoms with Crippen molar-refractivity contribution in [2.45, 2.75) is 13.0 Å². The van der Waals surface area contributed by atoms with Crippen LogP contribution in [0.3, 0.4) is 0 Å². The van der Waals surface area contributed by atoms with E-state index in [1.807, 2.05) is 17.2 Å². The van der Waals surface area contributed by atoms with Crippen LogP contribution in [0.5, 0.6) is 0 Å². The first-order valence-electron chi connectivity index (χ1n) is 5.32. The molecule has 1 aromatic rings.